The first-order valence-corrected chi connectivity index (χ1v) is 8.06. The quantitative estimate of drug-likeness (QED) is 0.708. The molecule has 20 heavy (non-hydrogen) atoms. The highest BCUT2D eigenvalue weighted by Crippen LogP contribution is 2.28. The highest BCUT2D eigenvalue weighted by molar-refractivity contribution is 7.16. The van der Waals surface area contributed by atoms with Gasteiger partial charge in [-0.1, -0.05) is 11.6 Å². The molecule has 6 heteroatoms. The van der Waals surface area contributed by atoms with Crippen LogP contribution in [0.2, 0.25) is 4.34 Å². The van der Waals surface area contributed by atoms with E-state index in [-0.39, 0.29) is 5.91 Å². The molecule has 0 atom stereocenters. The van der Waals surface area contributed by atoms with Crippen molar-refractivity contribution in [3.05, 3.63) is 45.1 Å². The molecule has 0 aliphatic carbocycles. The number of aromatic nitrogens is 1. The molecule has 0 radical (unpaired) electrons. The molecule has 0 spiro atoms. The second-order valence-corrected chi connectivity index (χ2v) is 7.00. The van der Waals surface area contributed by atoms with E-state index in [2.05, 4.69) is 4.98 Å². The van der Waals surface area contributed by atoms with E-state index in [0.29, 0.717) is 6.54 Å². The van der Waals surface area contributed by atoms with E-state index in [9.17, 15) is 4.79 Å². The number of nitrogens with zero attached hydrogens (tertiary/aromatic N) is 2. The minimum absolute atomic E-state index is 0.0124. The number of hydrogen-bond donors (Lipinski definition) is 0. The second kappa shape index (κ2) is 5.52. The van der Waals surface area contributed by atoms with Gasteiger partial charge in [0, 0.05) is 17.5 Å². The Balaban J connectivity index is 1.94. The van der Waals surface area contributed by atoms with Gasteiger partial charge in [0.05, 0.1) is 26.6 Å². The number of amides is 1. The molecule has 2 heterocycles. The van der Waals surface area contributed by atoms with Crippen molar-refractivity contribution in [3.63, 3.8) is 0 Å². The van der Waals surface area contributed by atoms with E-state index in [4.69, 9.17) is 11.6 Å². The summed E-state index contributed by atoms with van der Waals surface area (Å²) >= 11 is 9.01. The molecular formula is C14H11ClN2OS2. The van der Waals surface area contributed by atoms with Gasteiger partial charge in [0.2, 0.25) is 5.91 Å². The Morgan fingerprint density at radius 1 is 1.35 bits per heavy atom. The highest BCUT2D eigenvalue weighted by Gasteiger charge is 2.14. The minimum atomic E-state index is 0.0124. The van der Waals surface area contributed by atoms with Gasteiger partial charge in [-0.05, 0) is 30.3 Å². The number of hydrogen-bond acceptors (Lipinski definition) is 4. The number of carbonyl (C=O) groups is 1. The highest BCUT2D eigenvalue weighted by atomic mass is 35.5. The lowest BCUT2D eigenvalue weighted by atomic mass is 10.2. The van der Waals surface area contributed by atoms with Crippen molar-refractivity contribution in [2.45, 2.75) is 13.5 Å². The monoisotopic (exact) mass is 322 g/mol. The Hall–Kier alpha value is -1.43. The van der Waals surface area contributed by atoms with Crippen LogP contribution in [-0.4, -0.2) is 10.9 Å². The topological polar surface area (TPSA) is 33.2 Å². The molecule has 1 aromatic carbocycles. The predicted octanol–water partition coefficient (Wildman–Crippen LogP) is 4.56. The molecule has 0 bridgehead atoms. The largest absolute Gasteiger partial charge is 0.307 e. The summed E-state index contributed by atoms with van der Waals surface area (Å²) in [5.74, 6) is 0.0124. The van der Waals surface area contributed by atoms with Crippen LogP contribution in [0.15, 0.2) is 35.8 Å². The van der Waals surface area contributed by atoms with E-state index in [1.165, 1.54) is 11.3 Å². The van der Waals surface area contributed by atoms with E-state index < -0.39 is 0 Å². The number of thiophene rings is 1. The first-order valence-electron chi connectivity index (χ1n) is 5.99. The Bertz CT molecular complexity index is 765. The number of rotatable bonds is 3. The summed E-state index contributed by atoms with van der Waals surface area (Å²) in [6, 6.07) is 9.68. The van der Waals surface area contributed by atoms with Crippen molar-refractivity contribution in [3.8, 4) is 0 Å². The fourth-order valence-corrected chi connectivity index (χ4v) is 3.78. The first-order chi connectivity index (χ1) is 9.63. The van der Waals surface area contributed by atoms with Gasteiger partial charge in [0.15, 0.2) is 0 Å². The zero-order valence-electron chi connectivity index (χ0n) is 10.7. The fraction of sp³-hybridized carbons (Fsp3) is 0.143. The Morgan fingerprint density at radius 3 is 2.90 bits per heavy atom. The maximum absolute atomic E-state index is 11.9. The van der Waals surface area contributed by atoms with Crippen LogP contribution in [0, 0.1) is 0 Å². The lowest BCUT2D eigenvalue weighted by Gasteiger charge is -2.20. The molecule has 3 rings (SSSR count). The second-order valence-electron chi connectivity index (χ2n) is 4.32. The third kappa shape index (κ3) is 2.70. The van der Waals surface area contributed by atoms with Crippen molar-refractivity contribution in [1.82, 2.24) is 4.98 Å². The van der Waals surface area contributed by atoms with E-state index >= 15 is 0 Å². The summed E-state index contributed by atoms with van der Waals surface area (Å²) in [5.41, 5.74) is 3.66. The summed E-state index contributed by atoms with van der Waals surface area (Å²) in [7, 11) is 0. The van der Waals surface area contributed by atoms with Crippen molar-refractivity contribution >= 4 is 56.1 Å². The van der Waals surface area contributed by atoms with Crippen LogP contribution >= 0.6 is 34.3 Å². The summed E-state index contributed by atoms with van der Waals surface area (Å²) in [6.07, 6.45) is 0. The van der Waals surface area contributed by atoms with Crippen molar-refractivity contribution in [2.75, 3.05) is 4.90 Å². The molecule has 1 amide bonds. The summed E-state index contributed by atoms with van der Waals surface area (Å²) < 4.78 is 1.82. The predicted molar refractivity (Wildman–Crippen MR) is 85.8 cm³/mol. The molecule has 3 nitrogen and oxygen atoms in total. The first kappa shape index (κ1) is 13.5. The van der Waals surface area contributed by atoms with Gasteiger partial charge >= 0.3 is 0 Å². The normalized spacial score (nSPS) is 10.9. The maximum Gasteiger partial charge on any atom is 0.224 e. The summed E-state index contributed by atoms with van der Waals surface area (Å²) in [4.78, 5) is 19.0. The number of carbonyl (C=O) groups excluding carboxylic acids is 1. The number of benzene rings is 1. The lowest BCUT2D eigenvalue weighted by Crippen LogP contribution is -2.27. The SMILES string of the molecule is CC(=O)N(Cc1ccc(Cl)s1)c1ccc2ncsc2c1. The Morgan fingerprint density at radius 2 is 2.20 bits per heavy atom. The van der Waals surface area contributed by atoms with Crippen LogP contribution in [0.5, 0.6) is 0 Å². The number of fused-ring (bicyclic) bond motifs is 1. The molecule has 0 fully saturated rings. The van der Waals surface area contributed by atoms with Crippen LogP contribution in [-0.2, 0) is 11.3 Å². The Labute approximate surface area is 129 Å². The van der Waals surface area contributed by atoms with Gasteiger partial charge in [-0.3, -0.25) is 4.79 Å². The zero-order valence-corrected chi connectivity index (χ0v) is 13.1. The van der Waals surface area contributed by atoms with Gasteiger partial charge in [-0.2, -0.15) is 0 Å². The molecule has 0 aliphatic heterocycles. The average molecular weight is 323 g/mol. The molecule has 0 saturated carbocycles. The summed E-state index contributed by atoms with van der Waals surface area (Å²) in [6.45, 7) is 2.11. The van der Waals surface area contributed by atoms with E-state index in [1.807, 2.05) is 35.8 Å². The summed E-state index contributed by atoms with van der Waals surface area (Å²) in [5, 5.41) is 0. The average Bonchev–Trinajstić information content (AvgIpc) is 3.03. The molecule has 2 aromatic heterocycles. The van der Waals surface area contributed by atoms with Gasteiger partial charge < -0.3 is 4.90 Å². The van der Waals surface area contributed by atoms with Crippen molar-refractivity contribution < 1.29 is 4.79 Å². The third-order valence-corrected chi connectivity index (χ3v) is 4.96. The molecule has 102 valence electrons. The molecular weight excluding hydrogens is 312 g/mol. The molecule has 0 N–H and O–H groups in total. The maximum atomic E-state index is 11.9. The Kier molecular flexibility index (Phi) is 3.74. The number of thiazole rings is 1. The molecule has 0 unspecified atom stereocenters. The zero-order chi connectivity index (χ0) is 14.1. The number of halogens is 1. The van der Waals surface area contributed by atoms with Gasteiger partial charge in [-0.25, -0.2) is 4.98 Å². The standard InChI is InChI=1S/C14H11ClN2OS2/c1-9(18)17(7-11-3-5-14(15)20-11)10-2-4-12-13(6-10)19-8-16-12/h2-6,8H,7H2,1H3. The van der Waals surface area contributed by atoms with Crippen LogP contribution in [0.3, 0.4) is 0 Å². The molecule has 3 aromatic rings. The fourth-order valence-electron chi connectivity index (χ4n) is 1.99. The van der Waals surface area contributed by atoms with Gasteiger partial charge in [-0.15, -0.1) is 22.7 Å². The number of anilines is 1. The van der Waals surface area contributed by atoms with Crippen LogP contribution in [0.1, 0.15) is 11.8 Å². The van der Waals surface area contributed by atoms with E-state index in [1.54, 1.807) is 23.2 Å². The third-order valence-electron chi connectivity index (χ3n) is 2.95. The van der Waals surface area contributed by atoms with Gasteiger partial charge in [0.1, 0.15) is 0 Å². The van der Waals surface area contributed by atoms with Crippen molar-refractivity contribution in [2.24, 2.45) is 0 Å². The van der Waals surface area contributed by atoms with Crippen molar-refractivity contribution in [1.29, 1.82) is 0 Å². The lowest BCUT2D eigenvalue weighted by molar-refractivity contribution is -0.116. The van der Waals surface area contributed by atoms with Crippen LogP contribution < -0.4 is 4.90 Å². The molecule has 0 saturated heterocycles. The minimum Gasteiger partial charge on any atom is -0.307 e. The van der Waals surface area contributed by atoms with Crippen LogP contribution in [0.4, 0.5) is 5.69 Å². The van der Waals surface area contributed by atoms with Crippen LogP contribution in [0.25, 0.3) is 10.2 Å². The smallest absolute Gasteiger partial charge is 0.224 e. The molecule has 0 aliphatic rings. The van der Waals surface area contributed by atoms with Gasteiger partial charge in [0.25, 0.3) is 0 Å². The van der Waals surface area contributed by atoms with E-state index in [0.717, 1.165) is 25.1 Å².